The summed E-state index contributed by atoms with van der Waals surface area (Å²) >= 11 is 0. The molecular formula is C16H29N3. The zero-order chi connectivity index (χ0) is 13.9. The molecule has 0 amide bonds. The molecule has 0 unspecified atom stereocenters. The highest BCUT2D eigenvalue weighted by Crippen LogP contribution is 2.35. The Balaban J connectivity index is 1.89. The van der Waals surface area contributed by atoms with Gasteiger partial charge in [0.1, 0.15) is 0 Å². The Morgan fingerprint density at radius 1 is 1.42 bits per heavy atom. The number of rotatable bonds is 5. The van der Waals surface area contributed by atoms with Gasteiger partial charge in [-0.2, -0.15) is 5.10 Å². The first kappa shape index (κ1) is 14.6. The van der Waals surface area contributed by atoms with Gasteiger partial charge < -0.3 is 5.73 Å². The van der Waals surface area contributed by atoms with Gasteiger partial charge in [0, 0.05) is 24.7 Å². The minimum Gasteiger partial charge on any atom is -0.325 e. The highest BCUT2D eigenvalue weighted by atomic mass is 15.3. The fraction of sp³-hybridized carbons (Fsp3) is 0.812. The molecule has 0 radical (unpaired) electrons. The van der Waals surface area contributed by atoms with Crippen LogP contribution in [0.3, 0.4) is 0 Å². The summed E-state index contributed by atoms with van der Waals surface area (Å²) in [4.78, 5) is 0. The summed E-state index contributed by atoms with van der Waals surface area (Å²) < 4.78 is 1.99. The first-order valence-corrected chi connectivity index (χ1v) is 7.81. The lowest BCUT2D eigenvalue weighted by Gasteiger charge is -2.37. The minimum absolute atomic E-state index is 0.00292. The second kappa shape index (κ2) is 6.08. The second-order valence-corrected chi connectivity index (χ2v) is 6.53. The molecule has 0 spiro atoms. The number of aromatic nitrogens is 2. The normalized spacial score (nSPS) is 27.7. The van der Waals surface area contributed by atoms with Gasteiger partial charge in [-0.25, -0.2) is 0 Å². The Hall–Kier alpha value is -0.830. The maximum Gasteiger partial charge on any atom is 0.0596 e. The van der Waals surface area contributed by atoms with E-state index in [1.54, 1.807) is 0 Å². The van der Waals surface area contributed by atoms with Crippen molar-refractivity contribution < 1.29 is 0 Å². The first-order valence-electron chi connectivity index (χ1n) is 7.81. The van der Waals surface area contributed by atoms with Crippen molar-refractivity contribution in [1.82, 2.24) is 9.78 Å². The summed E-state index contributed by atoms with van der Waals surface area (Å²) in [6, 6.07) is 2.18. The highest BCUT2D eigenvalue weighted by molar-refractivity contribution is 5.13. The maximum absolute atomic E-state index is 6.62. The van der Waals surface area contributed by atoms with E-state index in [4.69, 9.17) is 5.73 Å². The van der Waals surface area contributed by atoms with Crippen LogP contribution >= 0.6 is 0 Å². The van der Waals surface area contributed by atoms with Crippen LogP contribution in [-0.4, -0.2) is 15.3 Å². The molecule has 1 saturated carbocycles. The third-order valence-electron chi connectivity index (χ3n) is 4.70. The number of aryl methyl sites for hydroxylation is 2. The summed E-state index contributed by atoms with van der Waals surface area (Å²) in [5.74, 6) is 0.921. The molecule has 1 heterocycles. The summed E-state index contributed by atoms with van der Waals surface area (Å²) in [5, 5.41) is 4.42. The summed E-state index contributed by atoms with van der Waals surface area (Å²) in [6.45, 7) is 4.33. The zero-order valence-electron chi connectivity index (χ0n) is 12.8. The van der Waals surface area contributed by atoms with E-state index in [1.807, 2.05) is 18.7 Å². The van der Waals surface area contributed by atoms with Crippen molar-refractivity contribution in [3.05, 3.63) is 17.5 Å². The average Bonchev–Trinajstić information content (AvgIpc) is 2.67. The summed E-state index contributed by atoms with van der Waals surface area (Å²) in [6.07, 6.45) is 10.0. The molecule has 0 saturated heterocycles. The van der Waals surface area contributed by atoms with Crippen LogP contribution < -0.4 is 5.73 Å². The molecule has 0 aromatic carbocycles. The predicted octanol–water partition coefficient (Wildman–Crippen LogP) is 3.35. The third-order valence-corrected chi connectivity index (χ3v) is 4.70. The lowest BCUT2D eigenvalue weighted by molar-refractivity contribution is 0.219. The van der Waals surface area contributed by atoms with Gasteiger partial charge in [0.2, 0.25) is 0 Å². The lowest BCUT2D eigenvalue weighted by Crippen LogP contribution is -2.45. The van der Waals surface area contributed by atoms with Crippen molar-refractivity contribution in [2.24, 2.45) is 18.7 Å². The molecule has 108 valence electrons. The molecule has 1 aliphatic rings. The number of nitrogens with zero attached hydrogens (tertiary/aromatic N) is 2. The van der Waals surface area contributed by atoms with E-state index in [9.17, 15) is 0 Å². The van der Waals surface area contributed by atoms with E-state index >= 15 is 0 Å². The minimum atomic E-state index is 0.00292. The van der Waals surface area contributed by atoms with Crippen molar-refractivity contribution in [2.45, 2.75) is 70.8 Å². The number of hydrogen-bond donors (Lipinski definition) is 1. The molecule has 0 aliphatic heterocycles. The zero-order valence-corrected chi connectivity index (χ0v) is 12.8. The molecular weight excluding hydrogens is 234 g/mol. The smallest absolute Gasteiger partial charge is 0.0596 e. The van der Waals surface area contributed by atoms with Gasteiger partial charge in [0.15, 0.2) is 0 Å². The first-order chi connectivity index (χ1) is 9.02. The Labute approximate surface area is 117 Å². The number of unbranched alkanes of at least 4 members (excludes halogenated alkanes) is 1. The fourth-order valence-electron chi connectivity index (χ4n) is 3.40. The molecule has 0 atom stereocenters. The van der Waals surface area contributed by atoms with Crippen LogP contribution in [0.5, 0.6) is 0 Å². The molecule has 1 fully saturated rings. The molecule has 1 aromatic rings. The van der Waals surface area contributed by atoms with E-state index in [0.29, 0.717) is 0 Å². The summed E-state index contributed by atoms with van der Waals surface area (Å²) in [5.41, 5.74) is 9.00. The van der Waals surface area contributed by atoms with Crippen LogP contribution in [0.1, 0.15) is 63.3 Å². The quantitative estimate of drug-likeness (QED) is 0.885. The van der Waals surface area contributed by atoms with Crippen molar-refractivity contribution in [3.8, 4) is 0 Å². The van der Waals surface area contributed by atoms with E-state index in [0.717, 1.165) is 18.0 Å². The molecule has 2 N–H and O–H groups in total. The van der Waals surface area contributed by atoms with Crippen LogP contribution in [0.25, 0.3) is 0 Å². The van der Waals surface area contributed by atoms with Gasteiger partial charge in [-0.05, 0) is 44.6 Å². The van der Waals surface area contributed by atoms with Crippen molar-refractivity contribution >= 4 is 0 Å². The standard InChI is InChI=1S/C16H29N3/c1-4-5-6-14-7-9-16(17,10-8-14)12-15-11-13(2)18-19(15)3/h11,14H,4-10,12,17H2,1-3H3. The molecule has 1 aromatic heterocycles. The van der Waals surface area contributed by atoms with Gasteiger partial charge in [-0.3, -0.25) is 4.68 Å². The summed E-state index contributed by atoms with van der Waals surface area (Å²) in [7, 11) is 2.03. The molecule has 19 heavy (non-hydrogen) atoms. The Morgan fingerprint density at radius 2 is 2.11 bits per heavy atom. The number of hydrogen-bond acceptors (Lipinski definition) is 2. The van der Waals surface area contributed by atoms with E-state index in [2.05, 4.69) is 18.1 Å². The molecule has 3 heteroatoms. The van der Waals surface area contributed by atoms with Gasteiger partial charge in [0.25, 0.3) is 0 Å². The van der Waals surface area contributed by atoms with Crippen molar-refractivity contribution in [3.63, 3.8) is 0 Å². The van der Waals surface area contributed by atoms with Crippen LogP contribution in [0.4, 0.5) is 0 Å². The van der Waals surface area contributed by atoms with Gasteiger partial charge in [0.05, 0.1) is 5.69 Å². The number of nitrogens with two attached hydrogens (primary N) is 1. The second-order valence-electron chi connectivity index (χ2n) is 6.53. The largest absolute Gasteiger partial charge is 0.325 e. The lowest BCUT2D eigenvalue weighted by atomic mass is 9.73. The van der Waals surface area contributed by atoms with Crippen molar-refractivity contribution in [2.75, 3.05) is 0 Å². The molecule has 3 nitrogen and oxygen atoms in total. The van der Waals surface area contributed by atoms with E-state index in [1.165, 1.54) is 50.6 Å². The monoisotopic (exact) mass is 263 g/mol. The van der Waals surface area contributed by atoms with Crippen molar-refractivity contribution in [1.29, 1.82) is 0 Å². The molecule has 2 rings (SSSR count). The Morgan fingerprint density at radius 3 is 2.63 bits per heavy atom. The van der Waals surface area contributed by atoms with Crippen LogP contribution in [0.2, 0.25) is 0 Å². The topological polar surface area (TPSA) is 43.8 Å². The molecule has 1 aliphatic carbocycles. The highest BCUT2D eigenvalue weighted by Gasteiger charge is 2.32. The third kappa shape index (κ3) is 3.82. The fourth-order valence-corrected chi connectivity index (χ4v) is 3.40. The average molecular weight is 263 g/mol. The Bertz CT molecular complexity index is 400. The maximum atomic E-state index is 6.62. The van der Waals surface area contributed by atoms with Gasteiger partial charge >= 0.3 is 0 Å². The van der Waals surface area contributed by atoms with Crippen LogP contribution in [0.15, 0.2) is 6.07 Å². The predicted molar refractivity (Wildman–Crippen MR) is 80.1 cm³/mol. The molecule has 0 bridgehead atoms. The van der Waals surface area contributed by atoms with Crippen LogP contribution in [-0.2, 0) is 13.5 Å². The Kier molecular flexibility index (Phi) is 4.67. The van der Waals surface area contributed by atoms with E-state index in [-0.39, 0.29) is 5.54 Å². The van der Waals surface area contributed by atoms with Crippen LogP contribution in [0, 0.1) is 12.8 Å². The van der Waals surface area contributed by atoms with E-state index < -0.39 is 0 Å². The van der Waals surface area contributed by atoms with Gasteiger partial charge in [-0.15, -0.1) is 0 Å². The van der Waals surface area contributed by atoms with Gasteiger partial charge in [-0.1, -0.05) is 26.2 Å². The SMILES string of the molecule is CCCCC1CCC(N)(Cc2cc(C)nn2C)CC1.